The number of halogens is 1. The molecular formula is C22H16ClNO. The third-order valence-corrected chi connectivity index (χ3v) is 4.29. The van der Waals surface area contributed by atoms with Crippen LogP contribution in [0.3, 0.4) is 0 Å². The van der Waals surface area contributed by atoms with E-state index in [0.29, 0.717) is 5.02 Å². The lowest BCUT2D eigenvalue weighted by Gasteiger charge is -2.06. The lowest BCUT2D eigenvalue weighted by Crippen LogP contribution is -2.03. The van der Waals surface area contributed by atoms with Crippen LogP contribution in [0.15, 0.2) is 88.3 Å². The first-order valence-corrected chi connectivity index (χ1v) is 8.47. The maximum absolute atomic E-state index is 6.12. The van der Waals surface area contributed by atoms with Crippen LogP contribution in [0, 0.1) is 6.92 Å². The second kappa shape index (κ2) is 6.58. The molecule has 0 aliphatic heterocycles. The predicted molar refractivity (Wildman–Crippen MR) is 103 cm³/mol. The minimum atomic E-state index is 0.702. The molecule has 3 aromatic carbocycles. The topological polar surface area (TPSA) is 25.5 Å². The van der Waals surface area contributed by atoms with Crippen molar-refractivity contribution in [2.45, 2.75) is 6.92 Å². The van der Waals surface area contributed by atoms with E-state index in [1.165, 1.54) is 5.56 Å². The normalized spacial score (nSPS) is 11.8. The van der Waals surface area contributed by atoms with Gasteiger partial charge in [0.05, 0.1) is 11.0 Å². The van der Waals surface area contributed by atoms with Gasteiger partial charge in [-0.05, 0) is 43.3 Å². The first-order valence-electron chi connectivity index (χ1n) is 8.09. The zero-order chi connectivity index (χ0) is 17.2. The number of hydrogen-bond acceptors (Lipinski definition) is 2. The average molecular weight is 346 g/mol. The molecule has 0 N–H and O–H groups in total. The highest BCUT2D eigenvalue weighted by molar-refractivity contribution is 6.30. The van der Waals surface area contributed by atoms with Crippen LogP contribution in [0.1, 0.15) is 5.56 Å². The smallest absolute Gasteiger partial charge is 0.136 e. The monoisotopic (exact) mass is 345 g/mol. The van der Waals surface area contributed by atoms with Crippen molar-refractivity contribution in [2.24, 2.45) is 4.99 Å². The molecule has 1 heterocycles. The van der Waals surface area contributed by atoms with Gasteiger partial charge in [0.15, 0.2) is 0 Å². The van der Waals surface area contributed by atoms with Gasteiger partial charge in [-0.15, -0.1) is 0 Å². The van der Waals surface area contributed by atoms with Crippen molar-refractivity contribution in [2.75, 3.05) is 0 Å². The Hall–Kier alpha value is -2.84. The molecule has 0 saturated heterocycles. The third kappa shape index (κ3) is 3.35. The first kappa shape index (κ1) is 15.7. The van der Waals surface area contributed by atoms with E-state index >= 15 is 0 Å². The van der Waals surface area contributed by atoms with Gasteiger partial charge in [0.1, 0.15) is 11.3 Å². The third-order valence-electron chi connectivity index (χ3n) is 4.03. The Balaban J connectivity index is 2.00. The molecule has 1 aromatic heterocycles. The molecule has 25 heavy (non-hydrogen) atoms. The second-order valence-corrected chi connectivity index (χ2v) is 6.39. The Labute approximate surface area is 151 Å². The molecule has 0 aliphatic carbocycles. The molecule has 0 spiro atoms. The molecule has 2 nitrogen and oxygen atoms in total. The summed E-state index contributed by atoms with van der Waals surface area (Å²) >= 11 is 5.98. The van der Waals surface area contributed by atoms with E-state index in [1.54, 1.807) is 0 Å². The summed E-state index contributed by atoms with van der Waals surface area (Å²) in [6, 6.07) is 25.7. The van der Waals surface area contributed by atoms with Gasteiger partial charge in [0.2, 0.25) is 0 Å². The van der Waals surface area contributed by atoms with Crippen molar-refractivity contribution >= 4 is 28.3 Å². The van der Waals surface area contributed by atoms with Crippen LogP contribution >= 0.6 is 11.6 Å². The summed E-state index contributed by atoms with van der Waals surface area (Å²) < 4.78 is 6.12. The van der Waals surface area contributed by atoms with E-state index in [1.807, 2.05) is 72.8 Å². The van der Waals surface area contributed by atoms with E-state index in [2.05, 4.69) is 13.0 Å². The van der Waals surface area contributed by atoms with Gasteiger partial charge in [-0.3, -0.25) is 0 Å². The van der Waals surface area contributed by atoms with Crippen molar-refractivity contribution in [3.05, 3.63) is 94.8 Å². The van der Waals surface area contributed by atoms with Crippen molar-refractivity contribution in [1.29, 1.82) is 0 Å². The molecular weight excluding hydrogens is 330 g/mol. The Morgan fingerprint density at radius 3 is 2.36 bits per heavy atom. The summed E-state index contributed by atoms with van der Waals surface area (Å²) in [6.07, 6.45) is 0. The van der Waals surface area contributed by atoms with Crippen LogP contribution in [-0.2, 0) is 0 Å². The zero-order valence-corrected chi connectivity index (χ0v) is 14.5. The molecule has 0 unspecified atom stereocenters. The number of fused-ring (bicyclic) bond motifs is 1. The predicted octanol–water partition coefficient (Wildman–Crippen LogP) is 6.29. The number of rotatable bonds is 2. The fourth-order valence-electron chi connectivity index (χ4n) is 2.77. The SMILES string of the molecule is Cc1ccc2oc(-c3ccccc3)cc(=Nc3ccc(Cl)cc3)c2c1. The van der Waals surface area contributed by atoms with Gasteiger partial charge in [0.25, 0.3) is 0 Å². The highest BCUT2D eigenvalue weighted by Gasteiger charge is 2.06. The van der Waals surface area contributed by atoms with Gasteiger partial charge in [-0.2, -0.15) is 0 Å². The summed E-state index contributed by atoms with van der Waals surface area (Å²) in [4.78, 5) is 4.82. The maximum Gasteiger partial charge on any atom is 0.136 e. The van der Waals surface area contributed by atoms with Crippen LogP contribution < -0.4 is 5.36 Å². The highest BCUT2D eigenvalue weighted by Crippen LogP contribution is 2.23. The van der Waals surface area contributed by atoms with Crippen LogP contribution in [0.4, 0.5) is 5.69 Å². The second-order valence-electron chi connectivity index (χ2n) is 5.95. The van der Waals surface area contributed by atoms with Gasteiger partial charge < -0.3 is 4.42 Å². The molecule has 0 atom stereocenters. The quantitative estimate of drug-likeness (QED) is 0.419. The highest BCUT2D eigenvalue weighted by atomic mass is 35.5. The van der Waals surface area contributed by atoms with E-state index < -0.39 is 0 Å². The standard InChI is InChI=1S/C22H16ClNO/c1-15-7-12-21-19(13-15)20(24-18-10-8-17(23)9-11-18)14-22(25-21)16-5-3-2-4-6-16/h2-14H,1H3. The van der Waals surface area contributed by atoms with E-state index in [-0.39, 0.29) is 0 Å². The van der Waals surface area contributed by atoms with Crippen molar-refractivity contribution in [3.63, 3.8) is 0 Å². The average Bonchev–Trinajstić information content (AvgIpc) is 2.64. The lowest BCUT2D eigenvalue weighted by molar-refractivity contribution is 0.618. The summed E-state index contributed by atoms with van der Waals surface area (Å²) in [6.45, 7) is 2.07. The van der Waals surface area contributed by atoms with Gasteiger partial charge in [-0.1, -0.05) is 53.6 Å². The van der Waals surface area contributed by atoms with Crippen molar-refractivity contribution in [1.82, 2.24) is 0 Å². The molecule has 0 amide bonds. The zero-order valence-electron chi connectivity index (χ0n) is 13.7. The molecule has 122 valence electrons. The summed E-state index contributed by atoms with van der Waals surface area (Å²) in [5, 5.41) is 2.58. The van der Waals surface area contributed by atoms with Crippen molar-refractivity contribution in [3.8, 4) is 11.3 Å². The molecule has 0 bridgehead atoms. The van der Waals surface area contributed by atoms with Crippen molar-refractivity contribution < 1.29 is 4.42 Å². The summed E-state index contributed by atoms with van der Waals surface area (Å²) in [7, 11) is 0. The minimum absolute atomic E-state index is 0.702. The van der Waals surface area contributed by atoms with E-state index in [9.17, 15) is 0 Å². The van der Waals surface area contributed by atoms with Gasteiger partial charge in [0, 0.05) is 22.0 Å². The Bertz CT molecular complexity index is 1100. The molecule has 0 aliphatic rings. The first-order chi connectivity index (χ1) is 12.2. The van der Waals surface area contributed by atoms with Gasteiger partial charge in [-0.25, -0.2) is 4.99 Å². The largest absolute Gasteiger partial charge is 0.456 e. The lowest BCUT2D eigenvalue weighted by atomic mass is 10.1. The van der Waals surface area contributed by atoms with Crippen LogP contribution in [0.2, 0.25) is 5.02 Å². The Morgan fingerprint density at radius 2 is 1.60 bits per heavy atom. The molecule has 4 rings (SSSR count). The fourth-order valence-corrected chi connectivity index (χ4v) is 2.90. The molecule has 0 radical (unpaired) electrons. The molecule has 4 aromatic rings. The summed E-state index contributed by atoms with van der Waals surface area (Å²) in [5.74, 6) is 0.796. The minimum Gasteiger partial charge on any atom is -0.456 e. The number of hydrogen-bond donors (Lipinski definition) is 0. The van der Waals surface area contributed by atoms with Crippen LogP contribution in [-0.4, -0.2) is 0 Å². The van der Waals surface area contributed by atoms with E-state index in [0.717, 1.165) is 33.3 Å². The fraction of sp³-hybridized carbons (Fsp3) is 0.0455. The van der Waals surface area contributed by atoms with Gasteiger partial charge >= 0.3 is 0 Å². The Kier molecular flexibility index (Phi) is 4.12. The van der Waals surface area contributed by atoms with E-state index in [4.69, 9.17) is 21.0 Å². The number of aryl methyl sites for hydroxylation is 1. The number of nitrogens with zero attached hydrogens (tertiary/aromatic N) is 1. The Morgan fingerprint density at radius 1 is 0.840 bits per heavy atom. The molecule has 0 fully saturated rings. The van der Waals surface area contributed by atoms with Crippen LogP contribution in [0.5, 0.6) is 0 Å². The molecule has 3 heteroatoms. The van der Waals surface area contributed by atoms with Crippen LogP contribution in [0.25, 0.3) is 22.3 Å². The number of benzene rings is 3. The molecule has 0 saturated carbocycles. The maximum atomic E-state index is 6.12. The summed E-state index contributed by atoms with van der Waals surface area (Å²) in [5.41, 5.74) is 3.87.